The van der Waals surface area contributed by atoms with E-state index < -0.39 is 12.6 Å². The Hall–Kier alpha value is -0.690. The summed E-state index contributed by atoms with van der Waals surface area (Å²) >= 11 is 6.26. The third-order valence-electron chi connectivity index (χ3n) is 1.64. The summed E-state index contributed by atoms with van der Waals surface area (Å²) < 4.78 is 33.9. The Kier molecular flexibility index (Phi) is 4.67. The molecule has 0 fully saturated rings. The van der Waals surface area contributed by atoms with E-state index in [2.05, 4.69) is 41.3 Å². The fraction of sp³-hybridized carbons (Fsp3) is 0.222. The van der Waals surface area contributed by atoms with Crippen LogP contribution in [0.4, 0.5) is 8.78 Å². The van der Waals surface area contributed by atoms with Gasteiger partial charge in [-0.2, -0.15) is 8.78 Å². The van der Waals surface area contributed by atoms with Crippen LogP contribution in [0.3, 0.4) is 0 Å². The average molecular weight is 360 g/mol. The quantitative estimate of drug-likeness (QED) is 0.773. The predicted molar refractivity (Wildman–Crippen MR) is 59.8 cm³/mol. The smallest absolute Gasteiger partial charge is 0.387 e. The van der Waals surface area contributed by atoms with Crippen LogP contribution in [0.2, 0.25) is 0 Å². The second kappa shape index (κ2) is 5.58. The van der Waals surface area contributed by atoms with E-state index in [9.17, 15) is 13.6 Å². The molecule has 0 aliphatic heterocycles. The summed E-state index contributed by atoms with van der Waals surface area (Å²) in [6.07, 6.45) is 0. The molecular formula is C9H6Br2F2O3. The van der Waals surface area contributed by atoms with Crippen molar-refractivity contribution in [3.63, 3.8) is 0 Å². The number of alkyl halides is 2. The highest BCUT2D eigenvalue weighted by Crippen LogP contribution is 2.32. The first-order valence-electron chi connectivity index (χ1n) is 3.98. The molecular weight excluding hydrogens is 354 g/mol. The largest absolute Gasteiger partial charge is 0.465 e. The second-order valence-corrected chi connectivity index (χ2v) is 4.34. The van der Waals surface area contributed by atoms with E-state index in [-0.39, 0.29) is 11.3 Å². The highest BCUT2D eigenvalue weighted by molar-refractivity contribution is 9.13. The molecule has 0 bridgehead atoms. The third kappa shape index (κ3) is 3.15. The summed E-state index contributed by atoms with van der Waals surface area (Å²) in [5.74, 6) is -0.985. The highest BCUT2D eigenvalue weighted by atomic mass is 79.9. The van der Waals surface area contributed by atoms with Gasteiger partial charge in [0.25, 0.3) is 0 Å². The maximum Gasteiger partial charge on any atom is 0.387 e. The summed E-state index contributed by atoms with van der Waals surface area (Å²) in [5, 5.41) is 0. The molecule has 16 heavy (non-hydrogen) atoms. The Labute approximate surface area is 107 Å². The molecule has 88 valence electrons. The molecule has 0 saturated heterocycles. The fourth-order valence-electron chi connectivity index (χ4n) is 0.992. The van der Waals surface area contributed by atoms with Crippen LogP contribution in [-0.2, 0) is 4.74 Å². The number of carbonyl (C=O) groups excluding carboxylic acids is 1. The normalized spacial score (nSPS) is 10.4. The lowest BCUT2D eigenvalue weighted by molar-refractivity contribution is -0.0504. The minimum Gasteiger partial charge on any atom is -0.465 e. The van der Waals surface area contributed by atoms with Gasteiger partial charge in [-0.25, -0.2) is 4.79 Å². The van der Waals surface area contributed by atoms with Crippen LogP contribution in [0.5, 0.6) is 5.75 Å². The van der Waals surface area contributed by atoms with E-state index >= 15 is 0 Å². The van der Waals surface area contributed by atoms with Crippen molar-refractivity contribution in [3.8, 4) is 5.75 Å². The molecule has 0 N–H and O–H groups in total. The van der Waals surface area contributed by atoms with E-state index in [4.69, 9.17) is 0 Å². The van der Waals surface area contributed by atoms with E-state index in [1.54, 1.807) is 0 Å². The van der Waals surface area contributed by atoms with Crippen LogP contribution in [0, 0.1) is 0 Å². The molecule has 0 radical (unpaired) electrons. The first-order valence-corrected chi connectivity index (χ1v) is 5.56. The molecule has 1 aromatic rings. The maximum absolute atomic E-state index is 12.1. The molecule has 0 saturated carbocycles. The van der Waals surface area contributed by atoms with Gasteiger partial charge < -0.3 is 9.47 Å². The van der Waals surface area contributed by atoms with Crippen molar-refractivity contribution in [2.75, 3.05) is 7.11 Å². The van der Waals surface area contributed by atoms with Crippen LogP contribution in [0.25, 0.3) is 0 Å². The van der Waals surface area contributed by atoms with Gasteiger partial charge in [0.15, 0.2) is 0 Å². The summed E-state index contributed by atoms with van der Waals surface area (Å²) in [6, 6.07) is 2.61. The third-order valence-corrected chi connectivity index (χ3v) is 3.49. The number of benzene rings is 1. The standard InChI is InChI=1S/C9H6Br2F2O3/c1-15-8(14)4-2-5(10)6(11)3-7(4)16-9(12)13/h2-3,9H,1H3. The van der Waals surface area contributed by atoms with Crippen molar-refractivity contribution in [1.29, 1.82) is 0 Å². The summed E-state index contributed by atoms with van der Waals surface area (Å²) in [5.41, 5.74) is -0.0714. The second-order valence-electron chi connectivity index (χ2n) is 2.63. The zero-order valence-corrected chi connectivity index (χ0v) is 11.1. The van der Waals surface area contributed by atoms with Gasteiger partial charge in [0, 0.05) is 8.95 Å². The predicted octanol–water partition coefficient (Wildman–Crippen LogP) is 3.60. The number of ether oxygens (including phenoxy) is 2. The van der Waals surface area contributed by atoms with Gasteiger partial charge in [0.1, 0.15) is 11.3 Å². The summed E-state index contributed by atoms with van der Waals surface area (Å²) in [7, 11) is 1.16. The monoisotopic (exact) mass is 358 g/mol. The molecule has 0 spiro atoms. The SMILES string of the molecule is COC(=O)c1cc(Br)c(Br)cc1OC(F)F. The highest BCUT2D eigenvalue weighted by Gasteiger charge is 2.18. The zero-order chi connectivity index (χ0) is 12.3. The zero-order valence-electron chi connectivity index (χ0n) is 7.97. The topological polar surface area (TPSA) is 35.5 Å². The number of hydrogen-bond donors (Lipinski definition) is 0. The van der Waals surface area contributed by atoms with Gasteiger partial charge >= 0.3 is 12.6 Å². The first kappa shape index (κ1) is 13.4. The molecule has 0 aliphatic carbocycles. The number of halogens is 4. The number of rotatable bonds is 3. The van der Waals surface area contributed by atoms with Gasteiger partial charge in [0.2, 0.25) is 0 Å². The molecule has 1 rings (SSSR count). The molecule has 0 unspecified atom stereocenters. The Morgan fingerprint density at radius 1 is 1.31 bits per heavy atom. The summed E-state index contributed by atoms with van der Waals surface area (Å²) in [6.45, 7) is -3.00. The lowest BCUT2D eigenvalue weighted by Gasteiger charge is -2.10. The number of hydrogen-bond acceptors (Lipinski definition) is 3. The van der Waals surface area contributed by atoms with Gasteiger partial charge in [0.05, 0.1) is 7.11 Å². The van der Waals surface area contributed by atoms with E-state index in [1.165, 1.54) is 12.1 Å². The lowest BCUT2D eigenvalue weighted by atomic mass is 10.2. The van der Waals surface area contributed by atoms with Crippen molar-refractivity contribution in [2.24, 2.45) is 0 Å². The number of carbonyl (C=O) groups is 1. The minimum absolute atomic E-state index is 0.0714. The molecule has 0 aromatic heterocycles. The Bertz CT molecular complexity index is 410. The van der Waals surface area contributed by atoms with Crippen LogP contribution < -0.4 is 4.74 Å². The molecule has 0 amide bonds. The van der Waals surface area contributed by atoms with Gasteiger partial charge in [-0.15, -0.1) is 0 Å². The van der Waals surface area contributed by atoms with Crippen LogP contribution in [0.1, 0.15) is 10.4 Å². The lowest BCUT2D eigenvalue weighted by Crippen LogP contribution is -2.09. The van der Waals surface area contributed by atoms with Gasteiger partial charge in [-0.05, 0) is 44.0 Å². The molecule has 1 aromatic carbocycles. The van der Waals surface area contributed by atoms with Gasteiger partial charge in [-0.3, -0.25) is 0 Å². The molecule has 0 atom stereocenters. The van der Waals surface area contributed by atoms with Gasteiger partial charge in [-0.1, -0.05) is 0 Å². The molecule has 0 heterocycles. The number of methoxy groups -OCH3 is 1. The van der Waals surface area contributed by atoms with Crippen molar-refractivity contribution < 1.29 is 23.0 Å². The maximum atomic E-state index is 12.1. The van der Waals surface area contributed by atoms with Crippen molar-refractivity contribution >= 4 is 37.8 Å². The van der Waals surface area contributed by atoms with E-state index in [1.807, 2.05) is 0 Å². The fourth-order valence-corrected chi connectivity index (χ4v) is 1.66. The Morgan fingerprint density at radius 2 is 1.88 bits per heavy atom. The van der Waals surface area contributed by atoms with Crippen molar-refractivity contribution in [3.05, 3.63) is 26.6 Å². The Balaban J connectivity index is 3.21. The van der Waals surface area contributed by atoms with E-state index in [0.717, 1.165) is 7.11 Å². The molecule has 3 nitrogen and oxygen atoms in total. The van der Waals surface area contributed by atoms with Crippen LogP contribution in [0.15, 0.2) is 21.1 Å². The van der Waals surface area contributed by atoms with E-state index in [0.29, 0.717) is 8.95 Å². The Morgan fingerprint density at radius 3 is 2.38 bits per heavy atom. The van der Waals surface area contributed by atoms with Crippen molar-refractivity contribution in [2.45, 2.75) is 6.61 Å². The summed E-state index contributed by atoms with van der Waals surface area (Å²) in [4.78, 5) is 11.3. The average Bonchev–Trinajstić information content (AvgIpc) is 2.21. The number of esters is 1. The molecule has 7 heteroatoms. The van der Waals surface area contributed by atoms with Crippen LogP contribution in [-0.4, -0.2) is 19.7 Å². The minimum atomic E-state index is -3.00. The van der Waals surface area contributed by atoms with Crippen LogP contribution >= 0.6 is 31.9 Å². The van der Waals surface area contributed by atoms with Crippen molar-refractivity contribution in [1.82, 2.24) is 0 Å². The molecule has 0 aliphatic rings. The first-order chi connectivity index (χ1) is 7.45.